The van der Waals surface area contributed by atoms with E-state index in [1.807, 2.05) is 0 Å². The summed E-state index contributed by atoms with van der Waals surface area (Å²) in [5, 5.41) is 5.46. The van der Waals surface area contributed by atoms with Crippen LogP contribution in [0.15, 0.2) is 23.1 Å². The van der Waals surface area contributed by atoms with Gasteiger partial charge in [0.1, 0.15) is 0 Å². The zero-order chi connectivity index (χ0) is 21.0. The van der Waals surface area contributed by atoms with Gasteiger partial charge in [0.25, 0.3) is 0 Å². The van der Waals surface area contributed by atoms with E-state index in [1.165, 1.54) is 30.7 Å². The van der Waals surface area contributed by atoms with E-state index >= 15 is 0 Å². The molecule has 1 heterocycles. The second kappa shape index (κ2) is 9.00. The van der Waals surface area contributed by atoms with E-state index < -0.39 is 10.0 Å². The second-order valence-electron chi connectivity index (χ2n) is 7.25. The fourth-order valence-corrected chi connectivity index (χ4v) is 4.79. The molecule has 1 saturated heterocycles. The van der Waals surface area contributed by atoms with Crippen molar-refractivity contribution in [1.29, 1.82) is 0 Å². The van der Waals surface area contributed by atoms with Gasteiger partial charge in [-0.1, -0.05) is 0 Å². The number of rotatable bonds is 8. The van der Waals surface area contributed by atoms with E-state index in [-0.39, 0.29) is 48.3 Å². The number of sulfonamides is 1. The molecule has 0 spiro atoms. The third-order valence-electron chi connectivity index (χ3n) is 5.18. The summed E-state index contributed by atoms with van der Waals surface area (Å²) >= 11 is 0. The Morgan fingerprint density at radius 1 is 1.07 bits per heavy atom. The number of ether oxygens (including phenoxy) is 2. The summed E-state index contributed by atoms with van der Waals surface area (Å²) in [7, 11) is -0.768. The van der Waals surface area contributed by atoms with E-state index in [1.54, 1.807) is 6.07 Å². The topological polar surface area (TPSA) is 114 Å². The van der Waals surface area contributed by atoms with Gasteiger partial charge in [-0.3, -0.25) is 9.59 Å². The van der Waals surface area contributed by atoms with Crippen molar-refractivity contribution in [2.24, 2.45) is 5.92 Å². The molecule has 0 radical (unpaired) electrons. The van der Waals surface area contributed by atoms with Gasteiger partial charge in [0.2, 0.25) is 21.8 Å². The molecule has 1 aromatic carbocycles. The largest absolute Gasteiger partial charge is 0.493 e. The molecule has 160 valence electrons. The van der Waals surface area contributed by atoms with Gasteiger partial charge in [0, 0.05) is 31.1 Å². The van der Waals surface area contributed by atoms with Crippen molar-refractivity contribution in [2.75, 3.05) is 33.9 Å². The number of amides is 2. The van der Waals surface area contributed by atoms with E-state index in [0.717, 1.165) is 12.8 Å². The van der Waals surface area contributed by atoms with Gasteiger partial charge in [0.05, 0.1) is 25.7 Å². The van der Waals surface area contributed by atoms with Crippen LogP contribution in [0.4, 0.5) is 0 Å². The van der Waals surface area contributed by atoms with E-state index in [4.69, 9.17) is 9.47 Å². The van der Waals surface area contributed by atoms with Crippen molar-refractivity contribution < 1.29 is 27.5 Å². The number of carbonyl (C=O) groups is 2. The monoisotopic (exact) mass is 425 g/mol. The maximum Gasteiger partial charge on any atom is 0.243 e. The number of benzene rings is 1. The minimum Gasteiger partial charge on any atom is -0.493 e. The third kappa shape index (κ3) is 5.18. The Bertz CT molecular complexity index is 861. The van der Waals surface area contributed by atoms with Crippen LogP contribution in [0.2, 0.25) is 0 Å². The number of nitrogens with one attached hydrogen (secondary N) is 2. The predicted molar refractivity (Wildman–Crippen MR) is 105 cm³/mol. The van der Waals surface area contributed by atoms with Gasteiger partial charge < -0.3 is 20.1 Å². The molecule has 1 aromatic rings. The summed E-state index contributed by atoms with van der Waals surface area (Å²) in [4.78, 5) is 24.1. The van der Waals surface area contributed by atoms with Crippen LogP contribution in [0.3, 0.4) is 0 Å². The Labute approximate surface area is 170 Å². The molecule has 2 amide bonds. The Morgan fingerprint density at radius 3 is 2.31 bits per heavy atom. The molecule has 2 aliphatic rings. The van der Waals surface area contributed by atoms with E-state index in [0.29, 0.717) is 24.3 Å². The summed E-state index contributed by atoms with van der Waals surface area (Å²) in [6.45, 7) is 0.436. The van der Waals surface area contributed by atoms with Crippen LogP contribution in [-0.4, -0.2) is 64.4 Å². The highest BCUT2D eigenvalue weighted by atomic mass is 32.2. The molecule has 1 saturated carbocycles. The van der Waals surface area contributed by atoms with Crippen LogP contribution >= 0.6 is 0 Å². The molecule has 2 N–H and O–H groups in total. The lowest BCUT2D eigenvalue weighted by Gasteiger charge is -2.30. The summed E-state index contributed by atoms with van der Waals surface area (Å²) in [6.07, 6.45) is 2.80. The molecule has 0 atom stereocenters. The molecule has 29 heavy (non-hydrogen) atoms. The molecule has 0 bridgehead atoms. The highest BCUT2D eigenvalue weighted by Gasteiger charge is 2.33. The number of piperidine rings is 1. The first-order valence-electron chi connectivity index (χ1n) is 9.64. The standard InChI is InChI=1S/C19H27N3O6S/c1-27-16-6-5-15(11-17(16)28-2)29(25,26)22-9-7-13(8-10-22)19(24)20-12-18(23)21-14-3-4-14/h5-6,11,13-14H,3-4,7-10,12H2,1-2H3,(H,20,24)(H,21,23). The van der Waals surface area contributed by atoms with Crippen LogP contribution in [-0.2, 0) is 19.6 Å². The van der Waals surface area contributed by atoms with Crippen molar-refractivity contribution in [3.05, 3.63) is 18.2 Å². The first-order chi connectivity index (χ1) is 13.8. The summed E-state index contributed by atoms with van der Waals surface area (Å²) in [5.74, 6) is 0.0915. The number of hydrogen-bond acceptors (Lipinski definition) is 6. The minimum absolute atomic E-state index is 0.0422. The van der Waals surface area contributed by atoms with Crippen LogP contribution in [0.1, 0.15) is 25.7 Å². The molecular weight excluding hydrogens is 398 g/mol. The van der Waals surface area contributed by atoms with Crippen LogP contribution in [0, 0.1) is 5.92 Å². The van der Waals surface area contributed by atoms with Crippen LogP contribution in [0.25, 0.3) is 0 Å². The van der Waals surface area contributed by atoms with Crippen molar-refractivity contribution in [2.45, 2.75) is 36.6 Å². The first-order valence-corrected chi connectivity index (χ1v) is 11.1. The highest BCUT2D eigenvalue weighted by molar-refractivity contribution is 7.89. The summed E-state index contributed by atoms with van der Waals surface area (Å²) in [6, 6.07) is 4.72. The lowest BCUT2D eigenvalue weighted by atomic mass is 9.97. The number of nitrogens with zero attached hydrogens (tertiary/aromatic N) is 1. The van der Waals surface area contributed by atoms with Crippen molar-refractivity contribution >= 4 is 21.8 Å². The fraction of sp³-hybridized carbons (Fsp3) is 0.579. The van der Waals surface area contributed by atoms with E-state index in [9.17, 15) is 18.0 Å². The SMILES string of the molecule is COc1ccc(S(=O)(=O)N2CCC(C(=O)NCC(=O)NC3CC3)CC2)cc1OC. The Balaban J connectivity index is 1.55. The summed E-state index contributed by atoms with van der Waals surface area (Å²) in [5.41, 5.74) is 0. The molecular formula is C19H27N3O6S. The fourth-order valence-electron chi connectivity index (χ4n) is 3.30. The smallest absolute Gasteiger partial charge is 0.243 e. The molecule has 0 aromatic heterocycles. The lowest BCUT2D eigenvalue weighted by Crippen LogP contribution is -2.45. The van der Waals surface area contributed by atoms with Crippen LogP contribution in [0.5, 0.6) is 11.5 Å². The van der Waals surface area contributed by atoms with Gasteiger partial charge in [-0.2, -0.15) is 4.31 Å². The predicted octanol–water partition coefficient (Wildman–Crippen LogP) is 0.499. The first kappa shape index (κ1) is 21.4. The van der Waals surface area contributed by atoms with Crippen molar-refractivity contribution in [3.63, 3.8) is 0 Å². The quantitative estimate of drug-likeness (QED) is 0.627. The average Bonchev–Trinajstić information content (AvgIpc) is 3.55. The Kier molecular flexibility index (Phi) is 6.63. The Morgan fingerprint density at radius 2 is 1.72 bits per heavy atom. The molecule has 10 heteroatoms. The summed E-state index contributed by atoms with van der Waals surface area (Å²) < 4.78 is 37.6. The maximum absolute atomic E-state index is 12.9. The zero-order valence-corrected chi connectivity index (χ0v) is 17.5. The van der Waals surface area contributed by atoms with Crippen molar-refractivity contribution in [3.8, 4) is 11.5 Å². The number of methoxy groups -OCH3 is 2. The van der Waals surface area contributed by atoms with Gasteiger partial charge in [-0.05, 0) is 37.8 Å². The molecule has 3 rings (SSSR count). The zero-order valence-electron chi connectivity index (χ0n) is 16.6. The Hall–Kier alpha value is -2.33. The lowest BCUT2D eigenvalue weighted by molar-refractivity contribution is -0.129. The normalized spacial score (nSPS) is 18.1. The highest BCUT2D eigenvalue weighted by Crippen LogP contribution is 2.32. The molecule has 0 unspecified atom stereocenters. The molecule has 9 nitrogen and oxygen atoms in total. The molecule has 2 fully saturated rings. The van der Waals surface area contributed by atoms with E-state index in [2.05, 4.69) is 10.6 Å². The molecule has 1 aliphatic carbocycles. The van der Waals surface area contributed by atoms with Crippen molar-refractivity contribution in [1.82, 2.24) is 14.9 Å². The van der Waals surface area contributed by atoms with Crippen LogP contribution < -0.4 is 20.1 Å². The van der Waals surface area contributed by atoms with Gasteiger partial charge in [0.15, 0.2) is 11.5 Å². The second-order valence-corrected chi connectivity index (χ2v) is 9.19. The van der Waals surface area contributed by atoms with Gasteiger partial charge in [-0.15, -0.1) is 0 Å². The molecule has 1 aliphatic heterocycles. The van der Waals surface area contributed by atoms with Gasteiger partial charge >= 0.3 is 0 Å². The third-order valence-corrected chi connectivity index (χ3v) is 7.08. The van der Waals surface area contributed by atoms with Gasteiger partial charge in [-0.25, -0.2) is 8.42 Å². The number of carbonyl (C=O) groups excluding carboxylic acids is 2. The maximum atomic E-state index is 12.9. The average molecular weight is 426 g/mol. The minimum atomic E-state index is -3.70. The number of hydrogen-bond donors (Lipinski definition) is 2.